The van der Waals surface area contributed by atoms with Gasteiger partial charge in [0.25, 0.3) is 0 Å². The highest BCUT2D eigenvalue weighted by Crippen LogP contribution is 2.22. The van der Waals surface area contributed by atoms with Crippen molar-refractivity contribution in [1.82, 2.24) is 19.2 Å². The molecule has 2 aromatic heterocycles. The molecule has 4 rings (SSSR count). The summed E-state index contributed by atoms with van der Waals surface area (Å²) in [4.78, 5) is 27.1. The maximum Gasteiger partial charge on any atom is 0.420 e. The number of hydrogen-bond acceptors (Lipinski definition) is 4. The first-order valence-electron chi connectivity index (χ1n) is 9.84. The van der Waals surface area contributed by atoms with Gasteiger partial charge in [0, 0.05) is 24.8 Å². The molecule has 0 spiro atoms. The van der Waals surface area contributed by atoms with Crippen LogP contribution in [-0.4, -0.2) is 32.2 Å². The second-order valence-corrected chi connectivity index (χ2v) is 7.47. The van der Waals surface area contributed by atoms with Gasteiger partial charge >= 0.3 is 5.76 Å². The molecule has 0 N–H and O–H groups in total. The van der Waals surface area contributed by atoms with Crippen molar-refractivity contribution in [3.63, 3.8) is 0 Å². The minimum absolute atomic E-state index is 0.171. The fourth-order valence-corrected chi connectivity index (χ4v) is 3.82. The SMILES string of the molecule is Cc1nn(-c2ccccc2)c(C)c1CN(C)C(=O)C(C)n1c(=O)oc2ccccc21. The number of aromatic nitrogens is 3. The average Bonchev–Trinajstić information content (AvgIpc) is 3.23. The lowest BCUT2D eigenvalue weighted by Crippen LogP contribution is -2.35. The van der Waals surface area contributed by atoms with Crippen LogP contribution in [0.2, 0.25) is 0 Å². The van der Waals surface area contributed by atoms with E-state index in [1.54, 1.807) is 37.1 Å². The van der Waals surface area contributed by atoms with Crippen LogP contribution in [0.4, 0.5) is 0 Å². The normalized spacial score (nSPS) is 12.3. The summed E-state index contributed by atoms with van der Waals surface area (Å²) in [5.74, 6) is -0.704. The number of rotatable bonds is 5. The maximum absolute atomic E-state index is 13.1. The van der Waals surface area contributed by atoms with E-state index in [0.717, 1.165) is 22.6 Å². The molecule has 30 heavy (non-hydrogen) atoms. The second kappa shape index (κ2) is 7.67. The molecule has 4 aromatic rings. The predicted molar refractivity (Wildman–Crippen MR) is 115 cm³/mol. The maximum atomic E-state index is 13.1. The molecule has 0 saturated carbocycles. The van der Waals surface area contributed by atoms with Gasteiger partial charge in [-0.15, -0.1) is 0 Å². The average molecular weight is 404 g/mol. The van der Waals surface area contributed by atoms with Crippen molar-refractivity contribution < 1.29 is 9.21 Å². The van der Waals surface area contributed by atoms with Gasteiger partial charge in [0.05, 0.1) is 16.9 Å². The molecule has 2 aromatic carbocycles. The summed E-state index contributed by atoms with van der Waals surface area (Å²) in [5.41, 5.74) is 4.91. The summed E-state index contributed by atoms with van der Waals surface area (Å²) in [7, 11) is 1.74. The van der Waals surface area contributed by atoms with Gasteiger partial charge in [-0.25, -0.2) is 9.48 Å². The van der Waals surface area contributed by atoms with Crippen LogP contribution in [0.15, 0.2) is 63.8 Å². The lowest BCUT2D eigenvalue weighted by atomic mass is 10.1. The van der Waals surface area contributed by atoms with Crippen molar-refractivity contribution >= 4 is 17.0 Å². The quantitative estimate of drug-likeness (QED) is 0.509. The number of carbonyl (C=O) groups excluding carboxylic acids is 1. The molecule has 0 radical (unpaired) electrons. The standard InChI is InChI=1S/C23H24N4O3/c1-15-19(16(2)27(24-15)18-10-6-5-7-11-18)14-25(4)22(28)17(3)26-20-12-8-9-13-21(20)30-23(26)29/h5-13,17H,14H2,1-4H3. The topological polar surface area (TPSA) is 73.3 Å². The molecule has 2 heterocycles. The summed E-state index contributed by atoms with van der Waals surface area (Å²) in [6, 6.07) is 16.3. The number of para-hydroxylation sites is 3. The summed E-state index contributed by atoms with van der Waals surface area (Å²) in [6.07, 6.45) is 0. The zero-order valence-corrected chi connectivity index (χ0v) is 17.5. The third kappa shape index (κ3) is 3.32. The molecule has 0 fully saturated rings. The highest BCUT2D eigenvalue weighted by Gasteiger charge is 2.25. The van der Waals surface area contributed by atoms with E-state index >= 15 is 0 Å². The lowest BCUT2D eigenvalue weighted by molar-refractivity contribution is -0.133. The van der Waals surface area contributed by atoms with Crippen LogP contribution in [0, 0.1) is 13.8 Å². The fourth-order valence-electron chi connectivity index (χ4n) is 3.82. The van der Waals surface area contributed by atoms with Crippen LogP contribution >= 0.6 is 0 Å². The Balaban J connectivity index is 1.60. The van der Waals surface area contributed by atoms with E-state index in [1.807, 2.05) is 54.9 Å². The number of benzene rings is 2. The molecule has 0 aliphatic rings. The number of nitrogens with zero attached hydrogens (tertiary/aromatic N) is 4. The third-order valence-corrected chi connectivity index (χ3v) is 5.48. The second-order valence-electron chi connectivity index (χ2n) is 7.47. The van der Waals surface area contributed by atoms with Crippen molar-refractivity contribution in [2.45, 2.75) is 33.4 Å². The number of aryl methyl sites for hydroxylation is 1. The van der Waals surface area contributed by atoms with Gasteiger partial charge in [0.15, 0.2) is 5.58 Å². The molecule has 1 unspecified atom stereocenters. The summed E-state index contributed by atoms with van der Waals surface area (Å²) in [6.45, 7) is 6.06. The smallest absolute Gasteiger partial charge is 0.408 e. The molecule has 0 aliphatic heterocycles. The third-order valence-electron chi connectivity index (χ3n) is 5.48. The Morgan fingerprint density at radius 2 is 1.77 bits per heavy atom. The van der Waals surface area contributed by atoms with Crippen LogP contribution in [0.25, 0.3) is 16.8 Å². The summed E-state index contributed by atoms with van der Waals surface area (Å²) in [5, 5.41) is 4.65. The van der Waals surface area contributed by atoms with Gasteiger partial charge in [-0.05, 0) is 45.0 Å². The lowest BCUT2D eigenvalue weighted by Gasteiger charge is -2.22. The molecule has 0 aliphatic carbocycles. The van der Waals surface area contributed by atoms with E-state index < -0.39 is 11.8 Å². The number of oxazole rings is 1. The molecule has 7 heteroatoms. The molecule has 1 atom stereocenters. The Kier molecular flexibility index (Phi) is 5.03. The monoisotopic (exact) mass is 404 g/mol. The zero-order valence-electron chi connectivity index (χ0n) is 17.5. The minimum atomic E-state index is -0.684. The molecule has 0 saturated heterocycles. The Morgan fingerprint density at radius 1 is 1.10 bits per heavy atom. The van der Waals surface area contributed by atoms with E-state index in [4.69, 9.17) is 4.42 Å². The van der Waals surface area contributed by atoms with Crippen LogP contribution < -0.4 is 5.76 Å². The Labute approximate surface area is 174 Å². The van der Waals surface area contributed by atoms with Gasteiger partial charge in [0.2, 0.25) is 5.91 Å². The Hall–Kier alpha value is -3.61. The van der Waals surface area contributed by atoms with Gasteiger partial charge in [0.1, 0.15) is 6.04 Å². The van der Waals surface area contributed by atoms with Crippen molar-refractivity contribution in [1.29, 1.82) is 0 Å². The fraction of sp³-hybridized carbons (Fsp3) is 0.261. The predicted octanol–water partition coefficient (Wildman–Crippen LogP) is 3.62. The van der Waals surface area contributed by atoms with Crippen LogP contribution in [0.3, 0.4) is 0 Å². The van der Waals surface area contributed by atoms with E-state index in [1.165, 1.54) is 4.57 Å². The molecule has 1 amide bonds. The number of amides is 1. The molecule has 0 bridgehead atoms. The van der Waals surface area contributed by atoms with Crippen molar-refractivity contribution in [2.75, 3.05) is 7.05 Å². The summed E-state index contributed by atoms with van der Waals surface area (Å²) >= 11 is 0. The van der Waals surface area contributed by atoms with E-state index in [9.17, 15) is 9.59 Å². The van der Waals surface area contributed by atoms with Gasteiger partial charge < -0.3 is 9.32 Å². The molecular formula is C23H24N4O3. The van der Waals surface area contributed by atoms with Crippen molar-refractivity contribution in [3.05, 3.63) is 82.1 Å². The van der Waals surface area contributed by atoms with Crippen LogP contribution in [0.5, 0.6) is 0 Å². The van der Waals surface area contributed by atoms with Gasteiger partial charge in [-0.1, -0.05) is 30.3 Å². The Bertz CT molecular complexity index is 1270. The highest BCUT2D eigenvalue weighted by atomic mass is 16.4. The molecular weight excluding hydrogens is 380 g/mol. The first kappa shape index (κ1) is 19.7. The number of fused-ring (bicyclic) bond motifs is 1. The van der Waals surface area contributed by atoms with Crippen molar-refractivity contribution in [2.24, 2.45) is 0 Å². The highest BCUT2D eigenvalue weighted by molar-refractivity contribution is 5.82. The summed E-state index contributed by atoms with van der Waals surface area (Å²) < 4.78 is 8.58. The minimum Gasteiger partial charge on any atom is -0.408 e. The zero-order chi connectivity index (χ0) is 21.4. The first-order valence-corrected chi connectivity index (χ1v) is 9.84. The van der Waals surface area contributed by atoms with Crippen LogP contribution in [0.1, 0.15) is 29.9 Å². The molecule has 154 valence electrons. The molecule has 7 nitrogen and oxygen atoms in total. The largest absolute Gasteiger partial charge is 0.420 e. The van der Waals surface area contributed by atoms with Crippen LogP contribution in [-0.2, 0) is 11.3 Å². The van der Waals surface area contributed by atoms with E-state index in [2.05, 4.69) is 5.10 Å². The van der Waals surface area contributed by atoms with E-state index in [-0.39, 0.29) is 5.91 Å². The van der Waals surface area contributed by atoms with Gasteiger partial charge in [-0.2, -0.15) is 5.10 Å². The number of hydrogen-bond donors (Lipinski definition) is 0. The number of likely N-dealkylation sites (N-methyl/N-ethyl adjacent to an activating group) is 1. The van der Waals surface area contributed by atoms with Gasteiger partial charge in [-0.3, -0.25) is 9.36 Å². The van der Waals surface area contributed by atoms with E-state index in [0.29, 0.717) is 17.6 Å². The van der Waals surface area contributed by atoms with Crippen molar-refractivity contribution in [3.8, 4) is 5.69 Å². The number of carbonyl (C=O) groups is 1. The Morgan fingerprint density at radius 3 is 2.50 bits per heavy atom. The first-order chi connectivity index (χ1) is 14.4.